The number of alkyl halides is 3. The molecule has 2 aliphatic rings. The van der Waals surface area contributed by atoms with Crippen LogP contribution in [0.25, 0.3) is 0 Å². The molecule has 9 heteroatoms. The van der Waals surface area contributed by atoms with Crippen LogP contribution in [0.4, 0.5) is 23.2 Å². The second kappa shape index (κ2) is 5.64. The highest BCUT2D eigenvalue weighted by Crippen LogP contribution is 2.41. The third-order valence-corrected chi connectivity index (χ3v) is 4.37. The van der Waals surface area contributed by atoms with Crippen molar-refractivity contribution in [3.63, 3.8) is 0 Å². The number of rotatable bonds is 1. The van der Waals surface area contributed by atoms with Crippen molar-refractivity contribution in [1.82, 2.24) is 0 Å². The predicted octanol–water partition coefficient (Wildman–Crippen LogP) is 2.95. The van der Waals surface area contributed by atoms with Gasteiger partial charge in [0, 0.05) is 0 Å². The van der Waals surface area contributed by atoms with Crippen LogP contribution in [0, 0.1) is 5.82 Å². The molecule has 1 aromatic rings. The maximum atomic E-state index is 14.4. The van der Waals surface area contributed by atoms with Gasteiger partial charge in [0.2, 0.25) is 11.9 Å². The molecule has 1 saturated carbocycles. The zero-order chi connectivity index (χ0) is 17.5. The molecule has 4 N–H and O–H groups in total. The highest BCUT2D eigenvalue weighted by molar-refractivity contribution is 6.05. The standard InChI is InChI=1S/C15H17F4N5/c16-10-8-9(15(17,18)19)4-5-11(10)24-13(21)22-12(20)23-14(24)6-2-1-3-7-14/h4-5,8H,1-3,6-7H2,(H4,20,21,22,23). The Bertz CT molecular complexity index is 704. The van der Waals surface area contributed by atoms with Crippen LogP contribution in [0.5, 0.6) is 0 Å². The molecule has 0 saturated heterocycles. The molecule has 0 aromatic heterocycles. The van der Waals surface area contributed by atoms with Crippen LogP contribution in [0.3, 0.4) is 0 Å². The number of hydrogen-bond donors (Lipinski definition) is 2. The summed E-state index contributed by atoms with van der Waals surface area (Å²) in [6, 6.07) is 2.35. The van der Waals surface area contributed by atoms with Crippen molar-refractivity contribution in [3.8, 4) is 0 Å². The monoisotopic (exact) mass is 343 g/mol. The van der Waals surface area contributed by atoms with Gasteiger partial charge >= 0.3 is 6.18 Å². The summed E-state index contributed by atoms with van der Waals surface area (Å²) in [5.74, 6) is -1.09. The van der Waals surface area contributed by atoms with Gasteiger partial charge in [0.25, 0.3) is 0 Å². The van der Waals surface area contributed by atoms with Crippen molar-refractivity contribution >= 4 is 17.6 Å². The van der Waals surface area contributed by atoms with Crippen LogP contribution >= 0.6 is 0 Å². The summed E-state index contributed by atoms with van der Waals surface area (Å²) >= 11 is 0. The van der Waals surface area contributed by atoms with E-state index in [0.29, 0.717) is 18.9 Å². The number of aliphatic imine (C=N–C) groups is 2. The van der Waals surface area contributed by atoms with Crippen molar-refractivity contribution < 1.29 is 17.6 Å². The number of benzene rings is 1. The molecule has 1 aliphatic heterocycles. The van der Waals surface area contributed by atoms with E-state index in [4.69, 9.17) is 11.5 Å². The zero-order valence-electron chi connectivity index (χ0n) is 12.8. The summed E-state index contributed by atoms with van der Waals surface area (Å²) < 4.78 is 52.7. The summed E-state index contributed by atoms with van der Waals surface area (Å²) in [5, 5.41) is 0. The molecule has 0 unspecified atom stereocenters. The normalized spacial score (nSPS) is 20.8. The number of hydrogen-bond acceptors (Lipinski definition) is 5. The lowest BCUT2D eigenvalue weighted by Crippen LogP contribution is -2.58. The lowest BCUT2D eigenvalue weighted by atomic mass is 9.87. The SMILES string of the molecule is NC1=NC2(CCCCC2)N(c2ccc(C(F)(F)F)cc2F)C(N)=N1. The largest absolute Gasteiger partial charge is 0.416 e. The maximum absolute atomic E-state index is 14.4. The topological polar surface area (TPSA) is 80.0 Å². The van der Waals surface area contributed by atoms with Gasteiger partial charge in [0.05, 0.1) is 11.3 Å². The van der Waals surface area contributed by atoms with Gasteiger partial charge in [0.15, 0.2) is 0 Å². The molecular weight excluding hydrogens is 326 g/mol. The second-order valence-electron chi connectivity index (χ2n) is 5.98. The Morgan fingerprint density at radius 1 is 1.08 bits per heavy atom. The summed E-state index contributed by atoms with van der Waals surface area (Å²) in [7, 11) is 0. The Morgan fingerprint density at radius 3 is 2.33 bits per heavy atom. The Hall–Kier alpha value is -2.32. The number of nitrogens with two attached hydrogens (primary N) is 2. The molecule has 24 heavy (non-hydrogen) atoms. The average Bonchev–Trinajstić information content (AvgIpc) is 2.47. The van der Waals surface area contributed by atoms with E-state index in [1.165, 1.54) is 4.90 Å². The van der Waals surface area contributed by atoms with Crippen LogP contribution in [-0.2, 0) is 6.18 Å². The predicted molar refractivity (Wildman–Crippen MR) is 82.9 cm³/mol. The summed E-state index contributed by atoms with van der Waals surface area (Å²) in [6.07, 6.45) is -0.802. The fraction of sp³-hybridized carbons (Fsp3) is 0.467. The van der Waals surface area contributed by atoms with E-state index >= 15 is 0 Å². The molecular formula is C15H17F4N5. The molecule has 0 bridgehead atoms. The van der Waals surface area contributed by atoms with Gasteiger partial charge in [-0.2, -0.15) is 18.2 Å². The van der Waals surface area contributed by atoms with Gasteiger partial charge < -0.3 is 11.5 Å². The van der Waals surface area contributed by atoms with Crippen molar-refractivity contribution in [1.29, 1.82) is 0 Å². The smallest absolute Gasteiger partial charge is 0.369 e. The highest BCUT2D eigenvalue weighted by Gasteiger charge is 2.44. The molecule has 0 radical (unpaired) electrons. The van der Waals surface area contributed by atoms with Crippen LogP contribution < -0.4 is 16.4 Å². The first-order chi connectivity index (χ1) is 11.2. The number of halogens is 4. The molecule has 1 aromatic carbocycles. The van der Waals surface area contributed by atoms with E-state index in [2.05, 4.69) is 9.98 Å². The minimum Gasteiger partial charge on any atom is -0.369 e. The Balaban J connectivity index is 2.07. The molecule has 130 valence electrons. The van der Waals surface area contributed by atoms with E-state index in [0.717, 1.165) is 31.4 Å². The maximum Gasteiger partial charge on any atom is 0.416 e. The van der Waals surface area contributed by atoms with Gasteiger partial charge in [-0.25, -0.2) is 9.38 Å². The molecule has 1 fully saturated rings. The highest BCUT2D eigenvalue weighted by atomic mass is 19.4. The molecule has 1 heterocycles. The molecule has 0 atom stereocenters. The summed E-state index contributed by atoms with van der Waals surface area (Å²) in [5.41, 5.74) is 9.60. The molecule has 1 aliphatic carbocycles. The van der Waals surface area contributed by atoms with Gasteiger partial charge in [-0.05, 0) is 43.9 Å². The van der Waals surface area contributed by atoms with Crippen molar-refractivity contribution in [2.45, 2.75) is 43.9 Å². The minimum absolute atomic E-state index is 0.00188. The third-order valence-electron chi connectivity index (χ3n) is 4.37. The fourth-order valence-electron chi connectivity index (χ4n) is 3.33. The lowest BCUT2D eigenvalue weighted by Gasteiger charge is -2.45. The van der Waals surface area contributed by atoms with Gasteiger partial charge in [-0.15, -0.1) is 0 Å². The number of guanidine groups is 2. The van der Waals surface area contributed by atoms with Crippen LogP contribution in [-0.4, -0.2) is 17.6 Å². The molecule has 1 spiro atoms. The van der Waals surface area contributed by atoms with E-state index in [1.54, 1.807) is 0 Å². The fourth-order valence-corrected chi connectivity index (χ4v) is 3.33. The number of anilines is 1. The number of nitrogens with zero attached hydrogens (tertiary/aromatic N) is 3. The first-order valence-corrected chi connectivity index (χ1v) is 7.59. The first kappa shape index (κ1) is 16.5. The van der Waals surface area contributed by atoms with E-state index < -0.39 is 23.2 Å². The van der Waals surface area contributed by atoms with Gasteiger partial charge in [0.1, 0.15) is 11.5 Å². The quantitative estimate of drug-likeness (QED) is 0.770. The van der Waals surface area contributed by atoms with Crippen LogP contribution in [0.1, 0.15) is 37.7 Å². The molecule has 0 amide bonds. The van der Waals surface area contributed by atoms with E-state index in [-0.39, 0.29) is 17.6 Å². The van der Waals surface area contributed by atoms with Crippen LogP contribution in [0.15, 0.2) is 28.2 Å². The van der Waals surface area contributed by atoms with Crippen molar-refractivity contribution in [3.05, 3.63) is 29.6 Å². The Labute approximate surface area is 136 Å². The Morgan fingerprint density at radius 2 is 1.75 bits per heavy atom. The first-order valence-electron chi connectivity index (χ1n) is 7.59. The lowest BCUT2D eigenvalue weighted by molar-refractivity contribution is -0.137. The molecule has 3 rings (SSSR count). The minimum atomic E-state index is -4.62. The van der Waals surface area contributed by atoms with Crippen LogP contribution in [0.2, 0.25) is 0 Å². The average molecular weight is 343 g/mol. The summed E-state index contributed by atoms with van der Waals surface area (Å²) in [6.45, 7) is 0. The van der Waals surface area contributed by atoms with E-state index in [9.17, 15) is 17.6 Å². The van der Waals surface area contributed by atoms with Gasteiger partial charge in [-0.1, -0.05) is 6.42 Å². The zero-order valence-corrected chi connectivity index (χ0v) is 12.8. The van der Waals surface area contributed by atoms with Crippen molar-refractivity contribution in [2.24, 2.45) is 21.5 Å². The summed E-state index contributed by atoms with van der Waals surface area (Å²) in [4.78, 5) is 9.59. The molecule has 5 nitrogen and oxygen atoms in total. The van der Waals surface area contributed by atoms with Crippen molar-refractivity contribution in [2.75, 3.05) is 4.90 Å². The Kier molecular flexibility index (Phi) is 3.89. The second-order valence-corrected chi connectivity index (χ2v) is 5.98. The third kappa shape index (κ3) is 2.78. The van der Waals surface area contributed by atoms with Gasteiger partial charge in [-0.3, -0.25) is 4.90 Å². The van der Waals surface area contributed by atoms with E-state index in [1.807, 2.05) is 0 Å².